The summed E-state index contributed by atoms with van der Waals surface area (Å²) in [6, 6.07) is 0.0959. The van der Waals surface area contributed by atoms with Crippen LogP contribution in [-0.4, -0.2) is 51.9 Å². The van der Waals surface area contributed by atoms with Crippen molar-refractivity contribution >= 4 is 33.3 Å². The summed E-state index contributed by atoms with van der Waals surface area (Å²) in [5.41, 5.74) is 7.36. The van der Waals surface area contributed by atoms with Crippen molar-refractivity contribution in [3.05, 3.63) is 16.3 Å². The second-order valence-corrected chi connectivity index (χ2v) is 7.35. The smallest absolute Gasteiger partial charge is 0.219 e. The normalized spacial score (nSPS) is 17.7. The second kappa shape index (κ2) is 6.05. The fourth-order valence-electron chi connectivity index (χ4n) is 3.07. The van der Waals surface area contributed by atoms with E-state index in [1.165, 1.54) is 10.4 Å². The number of aromatic nitrogens is 2. The molecule has 3 rings (SSSR count). The Labute approximate surface area is 140 Å². The van der Waals surface area contributed by atoms with Gasteiger partial charge >= 0.3 is 0 Å². The monoisotopic (exact) mass is 333 g/mol. The zero-order valence-electron chi connectivity index (χ0n) is 14.1. The molecule has 7 heteroatoms. The van der Waals surface area contributed by atoms with Crippen molar-refractivity contribution in [1.82, 2.24) is 19.8 Å². The first-order valence-corrected chi connectivity index (χ1v) is 8.72. The Balaban J connectivity index is 1.84. The molecule has 1 amide bonds. The molecule has 0 saturated carbocycles. The number of carbonyl (C=O) groups excluding carboxylic acids is 1. The number of rotatable bonds is 2. The summed E-state index contributed by atoms with van der Waals surface area (Å²) in [6.07, 6.45) is 0. The minimum atomic E-state index is 0.0959. The average Bonchev–Trinajstić information content (AvgIpc) is 2.81. The first kappa shape index (κ1) is 16.1. The average molecular weight is 333 g/mol. The fraction of sp³-hybridized carbons (Fsp3) is 0.562. The third kappa shape index (κ3) is 2.90. The van der Waals surface area contributed by atoms with E-state index < -0.39 is 0 Å². The number of carbonyl (C=O) groups is 1. The second-order valence-electron chi connectivity index (χ2n) is 6.15. The van der Waals surface area contributed by atoms with Crippen LogP contribution < -0.4 is 5.73 Å². The van der Waals surface area contributed by atoms with Crippen LogP contribution in [0.25, 0.3) is 10.2 Å². The Bertz CT molecular complexity index is 748. The Hall–Kier alpha value is -1.73. The van der Waals surface area contributed by atoms with Gasteiger partial charge in [0.15, 0.2) is 0 Å². The van der Waals surface area contributed by atoms with E-state index in [0.717, 1.165) is 42.2 Å². The third-order valence-electron chi connectivity index (χ3n) is 4.75. The minimum absolute atomic E-state index is 0.0959. The van der Waals surface area contributed by atoms with Gasteiger partial charge in [-0.25, -0.2) is 9.97 Å². The Kier molecular flexibility index (Phi) is 4.25. The lowest BCUT2D eigenvalue weighted by atomic mass is 10.2. The molecule has 0 aromatic carbocycles. The molecule has 1 saturated heterocycles. The highest BCUT2D eigenvalue weighted by Gasteiger charge is 2.25. The molecule has 2 N–H and O–H groups in total. The predicted octanol–water partition coefficient (Wildman–Crippen LogP) is 2.12. The molecule has 3 heterocycles. The number of hydrogen-bond acceptors (Lipinski definition) is 6. The molecule has 2 aromatic rings. The van der Waals surface area contributed by atoms with Crippen LogP contribution in [0, 0.1) is 13.8 Å². The van der Waals surface area contributed by atoms with Crippen LogP contribution in [0.5, 0.6) is 0 Å². The largest absolute Gasteiger partial charge is 0.383 e. The number of nitrogens with two attached hydrogens (primary N) is 1. The Morgan fingerprint density at radius 3 is 2.48 bits per heavy atom. The van der Waals surface area contributed by atoms with Crippen LogP contribution in [0.3, 0.4) is 0 Å². The lowest BCUT2D eigenvalue weighted by Gasteiger charge is -2.37. The molecule has 124 valence electrons. The molecule has 0 aliphatic carbocycles. The summed E-state index contributed by atoms with van der Waals surface area (Å²) in [5.74, 6) is 1.48. The van der Waals surface area contributed by atoms with Crippen molar-refractivity contribution < 1.29 is 4.79 Å². The van der Waals surface area contributed by atoms with Crippen molar-refractivity contribution in [2.24, 2.45) is 0 Å². The lowest BCUT2D eigenvalue weighted by Crippen LogP contribution is -2.48. The van der Waals surface area contributed by atoms with Gasteiger partial charge in [0.2, 0.25) is 5.91 Å². The van der Waals surface area contributed by atoms with E-state index >= 15 is 0 Å². The molecule has 0 unspecified atom stereocenters. The fourth-order valence-corrected chi connectivity index (χ4v) is 4.12. The maximum absolute atomic E-state index is 11.4. The number of hydrogen-bond donors (Lipinski definition) is 1. The highest BCUT2D eigenvalue weighted by molar-refractivity contribution is 7.18. The summed E-state index contributed by atoms with van der Waals surface area (Å²) in [6.45, 7) is 11.1. The number of nitrogens with zero attached hydrogens (tertiary/aromatic N) is 4. The topological polar surface area (TPSA) is 75.4 Å². The molecule has 1 fully saturated rings. The number of fused-ring (bicyclic) bond motifs is 1. The molecular weight excluding hydrogens is 310 g/mol. The van der Waals surface area contributed by atoms with Crippen molar-refractivity contribution in [2.45, 2.75) is 33.7 Å². The molecule has 0 radical (unpaired) electrons. The van der Waals surface area contributed by atoms with Crippen molar-refractivity contribution in [3.8, 4) is 0 Å². The van der Waals surface area contributed by atoms with Gasteiger partial charge in [-0.1, -0.05) is 0 Å². The number of amides is 1. The van der Waals surface area contributed by atoms with Gasteiger partial charge in [-0.3, -0.25) is 9.69 Å². The number of anilines is 1. The number of nitrogen functional groups attached to an aromatic ring is 1. The van der Waals surface area contributed by atoms with Crippen LogP contribution in [0.2, 0.25) is 0 Å². The summed E-state index contributed by atoms with van der Waals surface area (Å²) in [7, 11) is 0. The van der Waals surface area contributed by atoms with Gasteiger partial charge in [-0.15, -0.1) is 11.3 Å². The summed E-state index contributed by atoms with van der Waals surface area (Å²) in [4.78, 5) is 27.1. The maximum Gasteiger partial charge on any atom is 0.219 e. The highest BCUT2D eigenvalue weighted by atomic mass is 32.1. The molecule has 2 aromatic heterocycles. The summed E-state index contributed by atoms with van der Waals surface area (Å²) < 4.78 is 0. The predicted molar refractivity (Wildman–Crippen MR) is 93.5 cm³/mol. The van der Waals surface area contributed by atoms with E-state index in [1.54, 1.807) is 18.3 Å². The van der Waals surface area contributed by atoms with Gasteiger partial charge in [0.1, 0.15) is 16.5 Å². The quantitative estimate of drug-likeness (QED) is 0.911. The molecule has 1 atom stereocenters. The highest BCUT2D eigenvalue weighted by Crippen LogP contribution is 2.33. The third-order valence-corrected chi connectivity index (χ3v) is 5.86. The van der Waals surface area contributed by atoms with Crippen LogP contribution in [0.1, 0.15) is 36.2 Å². The molecule has 0 bridgehead atoms. The molecular formula is C16H23N5OS. The van der Waals surface area contributed by atoms with Gasteiger partial charge in [0.25, 0.3) is 0 Å². The SMILES string of the molecule is CC(=O)N1CCN([C@@H](C)c2nc(N)c3c(C)c(C)sc3n2)CC1. The van der Waals surface area contributed by atoms with Crippen molar-refractivity contribution in [3.63, 3.8) is 0 Å². The summed E-state index contributed by atoms with van der Waals surface area (Å²) in [5, 5.41) is 0.991. The lowest BCUT2D eigenvalue weighted by molar-refractivity contribution is -0.130. The standard InChI is InChI=1S/C16H23N5OS/c1-9-11(3)23-16-13(9)14(17)18-15(19-16)10(2)20-5-7-21(8-6-20)12(4)22/h10H,5-8H2,1-4H3,(H2,17,18,19)/t10-/m0/s1. The van der Waals surface area contributed by atoms with Gasteiger partial charge in [0.05, 0.1) is 11.4 Å². The maximum atomic E-state index is 11.4. The van der Waals surface area contributed by atoms with E-state index in [9.17, 15) is 4.79 Å². The minimum Gasteiger partial charge on any atom is -0.383 e. The van der Waals surface area contributed by atoms with Gasteiger partial charge in [-0.2, -0.15) is 0 Å². The molecule has 23 heavy (non-hydrogen) atoms. The Morgan fingerprint density at radius 2 is 1.87 bits per heavy atom. The van der Waals surface area contributed by atoms with Gasteiger partial charge < -0.3 is 10.6 Å². The van der Waals surface area contributed by atoms with Gasteiger partial charge in [-0.05, 0) is 26.3 Å². The summed E-state index contributed by atoms with van der Waals surface area (Å²) >= 11 is 1.67. The van der Waals surface area contributed by atoms with E-state index in [4.69, 9.17) is 10.7 Å². The van der Waals surface area contributed by atoms with Crippen LogP contribution >= 0.6 is 11.3 Å². The van der Waals surface area contributed by atoms with E-state index in [-0.39, 0.29) is 11.9 Å². The van der Waals surface area contributed by atoms with E-state index in [2.05, 4.69) is 30.7 Å². The molecule has 6 nitrogen and oxygen atoms in total. The zero-order chi connectivity index (χ0) is 16.7. The van der Waals surface area contributed by atoms with Crippen molar-refractivity contribution in [2.75, 3.05) is 31.9 Å². The molecule has 1 aliphatic heterocycles. The van der Waals surface area contributed by atoms with Crippen LogP contribution in [0.4, 0.5) is 5.82 Å². The van der Waals surface area contributed by atoms with Crippen LogP contribution in [-0.2, 0) is 4.79 Å². The number of aryl methyl sites for hydroxylation is 2. The first-order chi connectivity index (χ1) is 10.9. The Morgan fingerprint density at radius 1 is 1.22 bits per heavy atom. The van der Waals surface area contributed by atoms with Crippen molar-refractivity contribution in [1.29, 1.82) is 0 Å². The molecule has 1 aliphatic rings. The van der Waals surface area contributed by atoms with E-state index in [1.807, 2.05) is 4.90 Å². The number of piperazine rings is 1. The zero-order valence-corrected chi connectivity index (χ0v) is 14.9. The van der Waals surface area contributed by atoms with E-state index in [0.29, 0.717) is 5.82 Å². The number of thiophene rings is 1. The molecule has 0 spiro atoms. The van der Waals surface area contributed by atoms with Gasteiger partial charge in [0, 0.05) is 38.0 Å². The first-order valence-electron chi connectivity index (χ1n) is 7.91. The van der Waals surface area contributed by atoms with Crippen LogP contribution in [0.15, 0.2) is 0 Å².